The SMILES string of the molecule is CCCCOC(=O)N1CCCCc2ccc(CCCC=O)nc21. The van der Waals surface area contributed by atoms with E-state index in [1.165, 1.54) is 0 Å². The zero-order valence-electron chi connectivity index (χ0n) is 13.9. The molecule has 1 aliphatic heterocycles. The molecule has 1 amide bonds. The van der Waals surface area contributed by atoms with Crippen LogP contribution in [-0.4, -0.2) is 30.5 Å². The average Bonchev–Trinajstić information content (AvgIpc) is 2.77. The number of pyridine rings is 1. The molecule has 0 aliphatic carbocycles. The molecular weight excluding hydrogens is 292 g/mol. The zero-order chi connectivity index (χ0) is 16.5. The summed E-state index contributed by atoms with van der Waals surface area (Å²) < 4.78 is 5.37. The van der Waals surface area contributed by atoms with Crippen LogP contribution in [0.5, 0.6) is 0 Å². The predicted molar refractivity (Wildman–Crippen MR) is 89.8 cm³/mol. The topological polar surface area (TPSA) is 59.5 Å². The number of aromatic nitrogens is 1. The summed E-state index contributed by atoms with van der Waals surface area (Å²) in [6.45, 7) is 3.19. The van der Waals surface area contributed by atoms with Crippen molar-refractivity contribution in [3.63, 3.8) is 0 Å². The molecule has 0 saturated heterocycles. The Morgan fingerprint density at radius 3 is 3.00 bits per heavy atom. The van der Waals surface area contributed by atoms with Gasteiger partial charge in [0, 0.05) is 18.7 Å². The molecule has 0 spiro atoms. The molecule has 23 heavy (non-hydrogen) atoms. The minimum atomic E-state index is -0.292. The Balaban J connectivity index is 2.13. The number of rotatable bonds is 7. The van der Waals surface area contributed by atoms with Crippen LogP contribution in [0.2, 0.25) is 0 Å². The fourth-order valence-corrected chi connectivity index (χ4v) is 2.70. The summed E-state index contributed by atoms with van der Waals surface area (Å²) >= 11 is 0. The maximum atomic E-state index is 12.4. The monoisotopic (exact) mass is 318 g/mol. The predicted octanol–water partition coefficient (Wildman–Crippen LogP) is 3.68. The van der Waals surface area contributed by atoms with Gasteiger partial charge in [-0.1, -0.05) is 19.4 Å². The van der Waals surface area contributed by atoms with Crippen molar-refractivity contribution in [1.82, 2.24) is 4.98 Å². The Hall–Kier alpha value is -1.91. The molecule has 0 fully saturated rings. The van der Waals surface area contributed by atoms with Gasteiger partial charge in [0.25, 0.3) is 0 Å². The first-order valence-electron chi connectivity index (χ1n) is 8.63. The third kappa shape index (κ3) is 5.05. The van der Waals surface area contributed by atoms with E-state index < -0.39 is 0 Å². The van der Waals surface area contributed by atoms with Crippen LogP contribution < -0.4 is 4.90 Å². The van der Waals surface area contributed by atoms with Gasteiger partial charge in [-0.2, -0.15) is 0 Å². The highest BCUT2D eigenvalue weighted by atomic mass is 16.6. The van der Waals surface area contributed by atoms with Gasteiger partial charge < -0.3 is 9.53 Å². The Kier molecular flexibility index (Phi) is 7.04. The molecular formula is C18H26N2O3. The number of aldehydes is 1. The van der Waals surface area contributed by atoms with Gasteiger partial charge in [-0.25, -0.2) is 9.78 Å². The van der Waals surface area contributed by atoms with E-state index in [-0.39, 0.29) is 6.09 Å². The number of nitrogens with zero attached hydrogens (tertiary/aromatic N) is 2. The van der Waals surface area contributed by atoms with Crippen molar-refractivity contribution >= 4 is 18.2 Å². The lowest BCUT2D eigenvalue weighted by molar-refractivity contribution is -0.107. The maximum Gasteiger partial charge on any atom is 0.415 e. The molecule has 1 aromatic rings. The van der Waals surface area contributed by atoms with E-state index in [0.29, 0.717) is 19.6 Å². The molecule has 0 bridgehead atoms. The zero-order valence-corrected chi connectivity index (χ0v) is 13.9. The number of hydrogen-bond donors (Lipinski definition) is 0. The van der Waals surface area contributed by atoms with Crippen molar-refractivity contribution < 1.29 is 14.3 Å². The smallest absolute Gasteiger partial charge is 0.415 e. The Bertz CT molecular complexity index is 531. The van der Waals surface area contributed by atoms with Gasteiger partial charge in [0.15, 0.2) is 0 Å². The summed E-state index contributed by atoms with van der Waals surface area (Å²) in [5.41, 5.74) is 2.04. The van der Waals surface area contributed by atoms with E-state index >= 15 is 0 Å². The van der Waals surface area contributed by atoms with Crippen LogP contribution in [-0.2, 0) is 22.4 Å². The third-order valence-electron chi connectivity index (χ3n) is 4.05. The largest absolute Gasteiger partial charge is 0.449 e. The first kappa shape index (κ1) is 17.4. The van der Waals surface area contributed by atoms with Crippen molar-refractivity contribution in [3.05, 3.63) is 23.4 Å². The summed E-state index contributed by atoms with van der Waals surface area (Å²) in [7, 11) is 0. The van der Waals surface area contributed by atoms with Crippen LogP contribution in [0.3, 0.4) is 0 Å². The number of fused-ring (bicyclic) bond motifs is 1. The first-order chi connectivity index (χ1) is 11.3. The molecule has 0 aromatic carbocycles. The maximum absolute atomic E-state index is 12.4. The third-order valence-corrected chi connectivity index (χ3v) is 4.05. The summed E-state index contributed by atoms with van der Waals surface area (Å²) in [5.74, 6) is 0.743. The standard InChI is InChI=1S/C18H26N2O3/c1-2-3-14-23-18(22)20-12-6-4-8-15-10-11-16(19-17(15)20)9-5-7-13-21/h10-11,13H,2-9,12,14H2,1H3. The van der Waals surface area contributed by atoms with Crippen molar-refractivity contribution in [2.24, 2.45) is 0 Å². The fourth-order valence-electron chi connectivity index (χ4n) is 2.70. The second-order valence-corrected chi connectivity index (χ2v) is 5.92. The van der Waals surface area contributed by atoms with E-state index in [4.69, 9.17) is 4.74 Å². The molecule has 1 aliphatic rings. The van der Waals surface area contributed by atoms with Gasteiger partial charge in [-0.15, -0.1) is 0 Å². The van der Waals surface area contributed by atoms with Gasteiger partial charge in [0.2, 0.25) is 0 Å². The lowest BCUT2D eigenvalue weighted by atomic mass is 10.1. The summed E-state index contributed by atoms with van der Waals surface area (Å²) in [6, 6.07) is 4.08. The van der Waals surface area contributed by atoms with Crippen molar-refractivity contribution in [3.8, 4) is 0 Å². The lowest BCUT2D eigenvalue weighted by Crippen LogP contribution is -2.33. The molecule has 1 aromatic heterocycles. The average molecular weight is 318 g/mol. The summed E-state index contributed by atoms with van der Waals surface area (Å²) in [6.07, 6.45) is 7.56. The van der Waals surface area contributed by atoms with E-state index in [1.54, 1.807) is 4.90 Å². The van der Waals surface area contributed by atoms with Crippen LogP contribution in [0.1, 0.15) is 56.7 Å². The molecule has 5 heteroatoms. The van der Waals surface area contributed by atoms with Crippen LogP contribution in [0.25, 0.3) is 0 Å². The minimum Gasteiger partial charge on any atom is -0.449 e. The first-order valence-corrected chi connectivity index (χ1v) is 8.63. The normalized spacial score (nSPS) is 14.0. The second-order valence-electron chi connectivity index (χ2n) is 5.92. The number of carbonyl (C=O) groups excluding carboxylic acids is 2. The Morgan fingerprint density at radius 2 is 2.22 bits per heavy atom. The van der Waals surface area contributed by atoms with Crippen LogP contribution in [0.4, 0.5) is 10.6 Å². The van der Waals surface area contributed by atoms with Crippen molar-refractivity contribution in [2.75, 3.05) is 18.1 Å². The van der Waals surface area contributed by atoms with Gasteiger partial charge >= 0.3 is 6.09 Å². The molecule has 2 heterocycles. The highest BCUT2D eigenvalue weighted by Crippen LogP contribution is 2.26. The molecule has 126 valence electrons. The van der Waals surface area contributed by atoms with Gasteiger partial charge in [-0.3, -0.25) is 4.90 Å². The number of anilines is 1. The number of carbonyl (C=O) groups is 2. The molecule has 0 saturated carbocycles. The number of ether oxygens (including phenoxy) is 1. The van der Waals surface area contributed by atoms with E-state index in [1.807, 2.05) is 6.07 Å². The Morgan fingerprint density at radius 1 is 1.35 bits per heavy atom. The van der Waals surface area contributed by atoms with E-state index in [9.17, 15) is 9.59 Å². The van der Waals surface area contributed by atoms with Crippen molar-refractivity contribution in [1.29, 1.82) is 0 Å². The molecule has 0 atom stereocenters. The van der Waals surface area contributed by atoms with Crippen molar-refractivity contribution in [2.45, 2.75) is 58.3 Å². The van der Waals surface area contributed by atoms with Crippen LogP contribution >= 0.6 is 0 Å². The number of aryl methyl sites for hydroxylation is 2. The number of amides is 1. The van der Waals surface area contributed by atoms with Crippen LogP contribution in [0.15, 0.2) is 12.1 Å². The van der Waals surface area contributed by atoms with Gasteiger partial charge in [-0.05, 0) is 50.2 Å². The molecule has 5 nitrogen and oxygen atoms in total. The second kappa shape index (κ2) is 9.28. The molecule has 0 N–H and O–H groups in total. The van der Waals surface area contributed by atoms with Crippen LogP contribution in [0, 0.1) is 0 Å². The lowest BCUT2D eigenvalue weighted by Gasteiger charge is -2.21. The highest BCUT2D eigenvalue weighted by molar-refractivity contribution is 5.87. The number of hydrogen-bond acceptors (Lipinski definition) is 4. The minimum absolute atomic E-state index is 0.292. The summed E-state index contributed by atoms with van der Waals surface area (Å²) in [5, 5.41) is 0. The molecule has 0 radical (unpaired) electrons. The van der Waals surface area contributed by atoms with Gasteiger partial charge in [0.1, 0.15) is 12.1 Å². The quantitative estimate of drug-likeness (QED) is 0.568. The van der Waals surface area contributed by atoms with Gasteiger partial charge in [0.05, 0.1) is 6.61 Å². The fraction of sp³-hybridized carbons (Fsp3) is 0.611. The Labute approximate surface area is 138 Å². The summed E-state index contributed by atoms with van der Waals surface area (Å²) in [4.78, 5) is 29.2. The molecule has 0 unspecified atom stereocenters. The number of unbranched alkanes of at least 4 members (excludes halogenated alkanes) is 2. The molecule has 2 rings (SSSR count). The van der Waals surface area contributed by atoms with E-state index in [2.05, 4.69) is 18.0 Å². The highest BCUT2D eigenvalue weighted by Gasteiger charge is 2.24. The van der Waals surface area contributed by atoms with E-state index in [0.717, 1.165) is 68.3 Å².